The molecule has 1 amide bonds. The van der Waals surface area contributed by atoms with Crippen LogP contribution in [0.3, 0.4) is 0 Å². The Hall–Kier alpha value is -1.43. The number of hydrogen-bond acceptors (Lipinski definition) is 5. The molecule has 0 saturated heterocycles. The standard InChI is InChI=1S/C12H16N2O3S/c1-7-6-13-12(18-7)14-10(15)8-4-2-3-5-9(8)11(16)17/h6,8-9H,2-5H2,1H3,(H,16,17)(H,13,14,15)/p-1/t8-,9-/m0/s1. The molecule has 2 atom stereocenters. The largest absolute Gasteiger partial charge is 0.550 e. The smallest absolute Gasteiger partial charge is 0.229 e. The molecule has 1 aliphatic carbocycles. The Morgan fingerprint density at radius 3 is 2.61 bits per heavy atom. The lowest BCUT2D eigenvalue weighted by atomic mass is 9.79. The molecular formula is C12H15N2O3S-. The summed E-state index contributed by atoms with van der Waals surface area (Å²) in [6.07, 6.45) is 4.54. The van der Waals surface area contributed by atoms with E-state index in [0.717, 1.165) is 17.7 Å². The molecule has 1 fully saturated rings. The van der Waals surface area contributed by atoms with E-state index in [4.69, 9.17) is 0 Å². The highest BCUT2D eigenvalue weighted by Gasteiger charge is 2.32. The van der Waals surface area contributed by atoms with E-state index in [1.807, 2.05) is 6.92 Å². The fraction of sp³-hybridized carbons (Fsp3) is 0.583. The number of carbonyl (C=O) groups excluding carboxylic acids is 2. The lowest BCUT2D eigenvalue weighted by molar-refractivity contribution is -0.313. The van der Waals surface area contributed by atoms with Crippen LogP contribution in [0.25, 0.3) is 0 Å². The fourth-order valence-corrected chi connectivity index (χ4v) is 3.00. The first kappa shape index (κ1) is 13.0. The summed E-state index contributed by atoms with van der Waals surface area (Å²) in [5.74, 6) is -2.53. The number of carbonyl (C=O) groups is 2. The molecule has 0 radical (unpaired) electrons. The predicted molar refractivity (Wildman–Crippen MR) is 65.9 cm³/mol. The van der Waals surface area contributed by atoms with Crippen molar-refractivity contribution in [1.29, 1.82) is 0 Å². The van der Waals surface area contributed by atoms with Crippen LogP contribution in [0.15, 0.2) is 6.20 Å². The molecule has 1 aromatic heterocycles. The monoisotopic (exact) mass is 267 g/mol. The van der Waals surface area contributed by atoms with Gasteiger partial charge in [-0.1, -0.05) is 12.8 Å². The number of nitrogens with one attached hydrogen (secondary N) is 1. The zero-order valence-corrected chi connectivity index (χ0v) is 11.0. The zero-order chi connectivity index (χ0) is 13.1. The van der Waals surface area contributed by atoms with Gasteiger partial charge in [-0.25, -0.2) is 4.98 Å². The summed E-state index contributed by atoms with van der Waals surface area (Å²) in [5, 5.41) is 14.2. The normalized spacial score (nSPS) is 23.6. The summed E-state index contributed by atoms with van der Waals surface area (Å²) >= 11 is 1.38. The van der Waals surface area contributed by atoms with Crippen molar-refractivity contribution < 1.29 is 14.7 Å². The number of hydrogen-bond donors (Lipinski definition) is 1. The molecule has 18 heavy (non-hydrogen) atoms. The van der Waals surface area contributed by atoms with Crippen LogP contribution in [-0.2, 0) is 9.59 Å². The number of carboxylic acid groups (broad SMARTS) is 1. The van der Waals surface area contributed by atoms with E-state index in [0.29, 0.717) is 18.0 Å². The Bertz CT molecular complexity index is 458. The van der Waals surface area contributed by atoms with Crippen molar-refractivity contribution in [3.05, 3.63) is 11.1 Å². The average molecular weight is 267 g/mol. The number of thiazole rings is 1. The van der Waals surface area contributed by atoms with E-state index < -0.39 is 17.8 Å². The summed E-state index contributed by atoms with van der Waals surface area (Å²) in [6, 6.07) is 0. The van der Waals surface area contributed by atoms with Gasteiger partial charge in [0.1, 0.15) is 0 Å². The molecule has 98 valence electrons. The first-order valence-electron chi connectivity index (χ1n) is 6.02. The number of amides is 1. The number of aliphatic carboxylic acids is 1. The Labute approximate surface area is 109 Å². The van der Waals surface area contributed by atoms with Gasteiger partial charge in [-0.15, -0.1) is 11.3 Å². The Morgan fingerprint density at radius 1 is 1.39 bits per heavy atom. The number of carboxylic acids is 1. The minimum absolute atomic E-state index is 0.252. The van der Waals surface area contributed by atoms with Crippen LogP contribution in [0.4, 0.5) is 5.13 Å². The number of rotatable bonds is 3. The molecule has 1 saturated carbocycles. The lowest BCUT2D eigenvalue weighted by Gasteiger charge is -2.30. The molecule has 0 aromatic carbocycles. The first-order chi connectivity index (χ1) is 8.58. The predicted octanol–water partition coefficient (Wildman–Crippen LogP) is 0.946. The Balaban J connectivity index is 2.04. The van der Waals surface area contributed by atoms with E-state index in [1.165, 1.54) is 11.3 Å². The lowest BCUT2D eigenvalue weighted by Crippen LogP contribution is -2.42. The quantitative estimate of drug-likeness (QED) is 0.883. The summed E-state index contributed by atoms with van der Waals surface area (Å²) in [7, 11) is 0. The van der Waals surface area contributed by atoms with Crippen LogP contribution >= 0.6 is 11.3 Å². The summed E-state index contributed by atoms with van der Waals surface area (Å²) < 4.78 is 0. The van der Waals surface area contributed by atoms with Gasteiger partial charge in [-0.2, -0.15) is 0 Å². The maximum Gasteiger partial charge on any atom is 0.229 e. The maximum atomic E-state index is 12.1. The molecule has 1 aliphatic rings. The summed E-state index contributed by atoms with van der Waals surface area (Å²) in [6.45, 7) is 1.90. The Morgan fingerprint density at radius 2 is 2.06 bits per heavy atom. The second-order valence-electron chi connectivity index (χ2n) is 4.58. The van der Waals surface area contributed by atoms with Crippen molar-refractivity contribution in [2.45, 2.75) is 32.6 Å². The van der Waals surface area contributed by atoms with Gasteiger partial charge in [0, 0.05) is 28.9 Å². The number of aryl methyl sites for hydroxylation is 1. The van der Waals surface area contributed by atoms with Gasteiger partial charge < -0.3 is 15.2 Å². The molecule has 1 heterocycles. The van der Waals surface area contributed by atoms with Crippen LogP contribution in [-0.4, -0.2) is 16.9 Å². The van der Waals surface area contributed by atoms with Crippen molar-refractivity contribution in [3.63, 3.8) is 0 Å². The molecule has 6 heteroatoms. The minimum atomic E-state index is -1.12. The van der Waals surface area contributed by atoms with Crippen LogP contribution in [0.5, 0.6) is 0 Å². The van der Waals surface area contributed by atoms with Crippen molar-refractivity contribution >= 4 is 28.3 Å². The van der Waals surface area contributed by atoms with E-state index in [-0.39, 0.29) is 5.91 Å². The molecule has 0 bridgehead atoms. The number of anilines is 1. The molecule has 1 N–H and O–H groups in total. The molecule has 2 rings (SSSR count). The fourth-order valence-electron chi connectivity index (χ4n) is 2.34. The molecule has 5 nitrogen and oxygen atoms in total. The third kappa shape index (κ3) is 2.87. The van der Waals surface area contributed by atoms with Crippen LogP contribution in [0.2, 0.25) is 0 Å². The van der Waals surface area contributed by atoms with Crippen LogP contribution < -0.4 is 10.4 Å². The average Bonchev–Trinajstić information content (AvgIpc) is 2.74. The van der Waals surface area contributed by atoms with Crippen LogP contribution in [0, 0.1) is 18.8 Å². The van der Waals surface area contributed by atoms with Crippen molar-refractivity contribution in [3.8, 4) is 0 Å². The maximum absolute atomic E-state index is 12.1. The highest BCUT2D eigenvalue weighted by Crippen LogP contribution is 2.31. The SMILES string of the molecule is Cc1cnc(NC(=O)[C@H]2CCCC[C@@H]2C(=O)[O-])s1. The van der Waals surface area contributed by atoms with E-state index in [1.54, 1.807) is 6.20 Å². The van der Waals surface area contributed by atoms with Crippen molar-refractivity contribution in [2.24, 2.45) is 11.8 Å². The van der Waals surface area contributed by atoms with Gasteiger partial charge in [-0.3, -0.25) is 4.79 Å². The second-order valence-corrected chi connectivity index (χ2v) is 5.82. The van der Waals surface area contributed by atoms with Crippen molar-refractivity contribution in [1.82, 2.24) is 4.98 Å². The van der Waals surface area contributed by atoms with E-state index in [2.05, 4.69) is 10.3 Å². The van der Waals surface area contributed by atoms with E-state index in [9.17, 15) is 14.7 Å². The van der Waals surface area contributed by atoms with Crippen LogP contribution in [0.1, 0.15) is 30.6 Å². The third-order valence-electron chi connectivity index (χ3n) is 3.26. The topological polar surface area (TPSA) is 82.1 Å². The molecule has 0 unspecified atom stereocenters. The third-order valence-corrected chi connectivity index (χ3v) is 4.09. The van der Waals surface area contributed by atoms with Gasteiger partial charge in [0.2, 0.25) is 5.91 Å². The van der Waals surface area contributed by atoms with E-state index >= 15 is 0 Å². The number of nitrogens with zero attached hydrogens (tertiary/aromatic N) is 1. The highest BCUT2D eigenvalue weighted by atomic mass is 32.1. The Kier molecular flexibility index (Phi) is 3.96. The zero-order valence-electron chi connectivity index (χ0n) is 10.1. The van der Waals surface area contributed by atoms with Gasteiger partial charge in [0.25, 0.3) is 0 Å². The highest BCUT2D eigenvalue weighted by molar-refractivity contribution is 7.15. The molecule has 0 spiro atoms. The molecule has 1 aromatic rings. The molecule has 0 aliphatic heterocycles. The minimum Gasteiger partial charge on any atom is -0.550 e. The summed E-state index contributed by atoms with van der Waals surface area (Å²) in [5.41, 5.74) is 0. The van der Waals surface area contributed by atoms with Gasteiger partial charge in [-0.05, 0) is 19.8 Å². The van der Waals surface area contributed by atoms with Gasteiger partial charge in [0.15, 0.2) is 5.13 Å². The first-order valence-corrected chi connectivity index (χ1v) is 6.83. The summed E-state index contributed by atoms with van der Waals surface area (Å²) in [4.78, 5) is 28.1. The van der Waals surface area contributed by atoms with Gasteiger partial charge in [0.05, 0.1) is 0 Å². The van der Waals surface area contributed by atoms with Crippen molar-refractivity contribution in [2.75, 3.05) is 5.32 Å². The number of aromatic nitrogens is 1. The van der Waals surface area contributed by atoms with Gasteiger partial charge >= 0.3 is 0 Å². The molecular weight excluding hydrogens is 252 g/mol. The second kappa shape index (κ2) is 5.48.